The lowest BCUT2D eigenvalue weighted by Crippen LogP contribution is -2.39. The Labute approximate surface area is 177 Å². The number of nitrogens with one attached hydrogen (secondary N) is 2. The van der Waals surface area contributed by atoms with Crippen LogP contribution in [0.5, 0.6) is 0 Å². The lowest BCUT2D eigenvalue weighted by Gasteiger charge is -2.18. The molecule has 0 aliphatic carbocycles. The molecular weight excluding hydrogens is 457 g/mol. The van der Waals surface area contributed by atoms with Gasteiger partial charge in [0.05, 0.1) is 0 Å². The summed E-state index contributed by atoms with van der Waals surface area (Å²) in [5, 5.41) is 10.4. The molecule has 1 amide bonds. The second-order valence-corrected chi connectivity index (χ2v) is 5.91. The second-order valence-electron chi connectivity index (χ2n) is 5.91. The highest BCUT2D eigenvalue weighted by Crippen LogP contribution is 2.03. The van der Waals surface area contributed by atoms with E-state index in [-0.39, 0.29) is 29.9 Å². The van der Waals surface area contributed by atoms with Gasteiger partial charge in [0.15, 0.2) is 5.96 Å². The predicted molar refractivity (Wildman–Crippen MR) is 117 cm³/mol. The molecule has 0 aliphatic rings. The first-order chi connectivity index (χ1) is 12.6. The van der Waals surface area contributed by atoms with Gasteiger partial charge in [-0.05, 0) is 12.5 Å². The average Bonchev–Trinajstić information content (AvgIpc) is 3.05. The van der Waals surface area contributed by atoms with Crippen molar-refractivity contribution in [2.45, 2.75) is 26.4 Å². The molecule has 2 N–H and O–H groups in total. The first kappa shape index (κ1) is 22.9. The maximum atomic E-state index is 12.3. The predicted octanol–water partition coefficient (Wildman–Crippen LogP) is 1.54. The fourth-order valence-electron chi connectivity index (χ4n) is 2.38. The van der Waals surface area contributed by atoms with E-state index in [0.29, 0.717) is 32.0 Å². The zero-order chi connectivity index (χ0) is 18.8. The standard InChI is InChI=1S/C18H27N7O.HI/c1-4-19-18(21-12-16-22-14-23-25(16)3)20-11-10-17(26)24(2)13-15-8-6-5-7-9-15;/h5-9,14H,4,10-13H2,1-3H3,(H2,19,20,21);1H. The van der Waals surface area contributed by atoms with Gasteiger partial charge in [0.1, 0.15) is 18.7 Å². The number of halogens is 1. The molecule has 0 spiro atoms. The van der Waals surface area contributed by atoms with Crippen LogP contribution in [0.25, 0.3) is 0 Å². The zero-order valence-electron chi connectivity index (χ0n) is 16.1. The van der Waals surface area contributed by atoms with Crippen molar-refractivity contribution in [3.63, 3.8) is 0 Å². The molecule has 1 aromatic heterocycles. The minimum Gasteiger partial charge on any atom is -0.357 e. The minimum atomic E-state index is 0. The van der Waals surface area contributed by atoms with Gasteiger partial charge in [0, 0.05) is 40.2 Å². The number of hydrogen-bond acceptors (Lipinski definition) is 4. The van der Waals surface area contributed by atoms with Gasteiger partial charge in [-0.2, -0.15) is 5.10 Å². The van der Waals surface area contributed by atoms with E-state index < -0.39 is 0 Å². The summed E-state index contributed by atoms with van der Waals surface area (Å²) in [6, 6.07) is 9.96. The SMILES string of the molecule is CCNC(=NCc1ncnn1C)NCCC(=O)N(C)Cc1ccccc1.I. The summed E-state index contributed by atoms with van der Waals surface area (Å²) in [5.41, 5.74) is 1.12. The van der Waals surface area contributed by atoms with Crippen LogP contribution in [-0.2, 0) is 24.9 Å². The highest BCUT2D eigenvalue weighted by molar-refractivity contribution is 14.0. The number of hydrogen-bond donors (Lipinski definition) is 2. The van der Waals surface area contributed by atoms with Crippen LogP contribution in [-0.4, -0.2) is 51.7 Å². The summed E-state index contributed by atoms with van der Waals surface area (Å²) in [6.07, 6.45) is 1.91. The number of nitrogens with zero attached hydrogens (tertiary/aromatic N) is 5. The number of guanidine groups is 1. The molecule has 0 radical (unpaired) electrons. The molecular formula is C18H28IN7O. The van der Waals surface area contributed by atoms with Gasteiger partial charge in [-0.25, -0.2) is 9.98 Å². The van der Waals surface area contributed by atoms with E-state index in [0.717, 1.165) is 17.9 Å². The van der Waals surface area contributed by atoms with Crippen molar-refractivity contribution < 1.29 is 4.79 Å². The van der Waals surface area contributed by atoms with Gasteiger partial charge in [0.2, 0.25) is 5.91 Å². The minimum absolute atomic E-state index is 0. The smallest absolute Gasteiger partial charge is 0.224 e. The lowest BCUT2D eigenvalue weighted by atomic mass is 10.2. The molecule has 8 nitrogen and oxygen atoms in total. The van der Waals surface area contributed by atoms with Crippen molar-refractivity contribution in [1.82, 2.24) is 30.3 Å². The summed E-state index contributed by atoms with van der Waals surface area (Å²) in [7, 11) is 3.65. The second kappa shape index (κ2) is 12.3. The Morgan fingerprint density at radius 2 is 2.00 bits per heavy atom. The molecule has 2 rings (SSSR count). The van der Waals surface area contributed by atoms with Gasteiger partial charge in [-0.15, -0.1) is 24.0 Å². The fourth-order valence-corrected chi connectivity index (χ4v) is 2.38. The van der Waals surface area contributed by atoms with Crippen LogP contribution in [0.2, 0.25) is 0 Å². The van der Waals surface area contributed by atoms with Crippen LogP contribution in [0.4, 0.5) is 0 Å². The number of benzene rings is 1. The highest BCUT2D eigenvalue weighted by atomic mass is 127. The molecule has 1 aromatic carbocycles. The third kappa shape index (κ3) is 7.94. The Kier molecular flexibility index (Phi) is 10.4. The van der Waals surface area contributed by atoms with Crippen molar-refractivity contribution in [2.24, 2.45) is 12.0 Å². The van der Waals surface area contributed by atoms with Gasteiger partial charge in [0.25, 0.3) is 0 Å². The Hall–Kier alpha value is -2.17. The first-order valence-corrected chi connectivity index (χ1v) is 8.73. The van der Waals surface area contributed by atoms with Crippen molar-refractivity contribution in [3.05, 3.63) is 48.0 Å². The first-order valence-electron chi connectivity index (χ1n) is 8.73. The van der Waals surface area contributed by atoms with E-state index in [4.69, 9.17) is 0 Å². The molecule has 0 atom stereocenters. The molecule has 148 valence electrons. The number of aromatic nitrogens is 3. The number of amides is 1. The Bertz CT molecular complexity index is 718. The van der Waals surface area contributed by atoms with Gasteiger partial charge >= 0.3 is 0 Å². The van der Waals surface area contributed by atoms with E-state index in [9.17, 15) is 4.79 Å². The van der Waals surface area contributed by atoms with Crippen LogP contribution in [0.15, 0.2) is 41.7 Å². The molecule has 9 heteroatoms. The normalized spacial score (nSPS) is 10.9. The zero-order valence-corrected chi connectivity index (χ0v) is 18.4. The summed E-state index contributed by atoms with van der Waals surface area (Å²) in [6.45, 7) is 4.29. The summed E-state index contributed by atoms with van der Waals surface area (Å²) >= 11 is 0. The van der Waals surface area contributed by atoms with Gasteiger partial charge in [-0.1, -0.05) is 30.3 Å². The summed E-state index contributed by atoms with van der Waals surface area (Å²) in [5.74, 6) is 1.53. The molecule has 1 heterocycles. The van der Waals surface area contributed by atoms with Crippen molar-refractivity contribution in [2.75, 3.05) is 20.1 Å². The van der Waals surface area contributed by atoms with Crippen LogP contribution in [0, 0.1) is 0 Å². The molecule has 0 bridgehead atoms. The van der Waals surface area contributed by atoms with Crippen LogP contribution >= 0.6 is 24.0 Å². The van der Waals surface area contributed by atoms with Gasteiger partial charge in [-0.3, -0.25) is 9.48 Å². The topological polar surface area (TPSA) is 87.4 Å². The van der Waals surface area contributed by atoms with Crippen LogP contribution in [0.3, 0.4) is 0 Å². The number of rotatable bonds is 8. The van der Waals surface area contributed by atoms with Crippen LogP contribution < -0.4 is 10.6 Å². The third-order valence-electron chi connectivity index (χ3n) is 3.85. The molecule has 0 unspecified atom stereocenters. The molecule has 0 aliphatic heterocycles. The molecule has 27 heavy (non-hydrogen) atoms. The molecule has 0 saturated heterocycles. The maximum Gasteiger partial charge on any atom is 0.224 e. The van der Waals surface area contributed by atoms with E-state index in [1.807, 2.05) is 51.4 Å². The third-order valence-corrected chi connectivity index (χ3v) is 3.85. The highest BCUT2D eigenvalue weighted by Gasteiger charge is 2.09. The largest absolute Gasteiger partial charge is 0.357 e. The summed E-state index contributed by atoms with van der Waals surface area (Å²) in [4.78, 5) is 22.6. The number of carbonyl (C=O) groups excluding carboxylic acids is 1. The summed E-state index contributed by atoms with van der Waals surface area (Å²) < 4.78 is 1.69. The van der Waals surface area contributed by atoms with Gasteiger partial charge < -0.3 is 15.5 Å². The van der Waals surface area contributed by atoms with E-state index in [1.165, 1.54) is 6.33 Å². The fraction of sp³-hybridized carbons (Fsp3) is 0.444. The van der Waals surface area contributed by atoms with Crippen molar-refractivity contribution >= 4 is 35.8 Å². The molecule has 0 fully saturated rings. The quantitative estimate of drug-likeness (QED) is 0.337. The van der Waals surface area contributed by atoms with E-state index in [2.05, 4.69) is 25.7 Å². The Morgan fingerprint density at radius 1 is 1.26 bits per heavy atom. The average molecular weight is 485 g/mol. The van der Waals surface area contributed by atoms with E-state index >= 15 is 0 Å². The van der Waals surface area contributed by atoms with Crippen molar-refractivity contribution in [1.29, 1.82) is 0 Å². The monoisotopic (exact) mass is 485 g/mol. The van der Waals surface area contributed by atoms with Crippen LogP contribution in [0.1, 0.15) is 24.7 Å². The molecule has 0 saturated carbocycles. The molecule has 2 aromatic rings. The number of carbonyl (C=O) groups is 1. The van der Waals surface area contributed by atoms with E-state index in [1.54, 1.807) is 9.58 Å². The van der Waals surface area contributed by atoms with Crippen molar-refractivity contribution in [3.8, 4) is 0 Å². The number of aryl methyl sites for hydroxylation is 1. The Balaban J connectivity index is 0.00000364. The lowest BCUT2D eigenvalue weighted by molar-refractivity contribution is -0.130. The Morgan fingerprint density at radius 3 is 2.63 bits per heavy atom. The number of aliphatic imine (C=N–C) groups is 1. The maximum absolute atomic E-state index is 12.3.